The molecule has 4 heterocycles. The second-order valence-electron chi connectivity index (χ2n) is 12.0. The monoisotopic (exact) mass is 684 g/mol. The molecular formula is C36H34BrFN4O4. The van der Waals surface area contributed by atoms with E-state index >= 15 is 0 Å². The minimum Gasteiger partial charge on any atom is -0.367 e. The minimum absolute atomic E-state index is 0.0722. The number of rotatable bonds is 6. The van der Waals surface area contributed by atoms with Crippen molar-refractivity contribution in [2.24, 2.45) is 0 Å². The zero-order chi connectivity index (χ0) is 31.6. The van der Waals surface area contributed by atoms with Gasteiger partial charge in [0.25, 0.3) is 11.8 Å². The van der Waals surface area contributed by atoms with Gasteiger partial charge in [-0.25, -0.2) is 4.39 Å². The third-order valence-electron chi connectivity index (χ3n) is 8.87. The predicted octanol–water partition coefficient (Wildman–Crippen LogP) is 6.38. The number of hydrogen-bond donors (Lipinski definition) is 4. The fourth-order valence-electron chi connectivity index (χ4n) is 6.48. The van der Waals surface area contributed by atoms with Gasteiger partial charge in [-0.05, 0) is 96.8 Å². The van der Waals surface area contributed by atoms with E-state index in [4.69, 9.17) is 9.47 Å². The first-order valence-electron chi connectivity index (χ1n) is 15.5. The Morgan fingerprint density at radius 1 is 0.630 bits per heavy atom. The molecule has 4 saturated heterocycles. The average Bonchev–Trinajstić information content (AvgIpc) is 3.91. The Morgan fingerprint density at radius 2 is 1.04 bits per heavy atom. The van der Waals surface area contributed by atoms with Crippen molar-refractivity contribution >= 4 is 39.1 Å². The summed E-state index contributed by atoms with van der Waals surface area (Å²) in [6.07, 6.45) is 2.96. The lowest BCUT2D eigenvalue weighted by Crippen LogP contribution is -2.34. The summed E-state index contributed by atoms with van der Waals surface area (Å²) in [6.45, 7) is 1.88. The maximum Gasteiger partial charge on any atom is 0.255 e. The number of hydrogen-bond acceptors (Lipinski definition) is 6. The van der Waals surface area contributed by atoms with Crippen molar-refractivity contribution < 1.29 is 23.5 Å². The van der Waals surface area contributed by atoms with E-state index in [1.807, 2.05) is 60.7 Å². The highest BCUT2D eigenvalue weighted by atomic mass is 79.9. The Bertz CT molecular complexity index is 1560. The lowest BCUT2D eigenvalue weighted by Gasteiger charge is -2.23. The van der Waals surface area contributed by atoms with Crippen LogP contribution in [-0.2, 0) is 9.47 Å². The number of benzene rings is 4. The van der Waals surface area contributed by atoms with Crippen LogP contribution in [0.3, 0.4) is 0 Å². The number of ether oxygens (including phenoxy) is 2. The summed E-state index contributed by atoms with van der Waals surface area (Å²) >= 11 is 3.38. The highest BCUT2D eigenvalue weighted by molar-refractivity contribution is 9.10. The number of anilines is 2. The molecule has 8 nitrogen and oxygen atoms in total. The van der Waals surface area contributed by atoms with Crippen molar-refractivity contribution in [1.29, 1.82) is 0 Å². The van der Waals surface area contributed by atoms with Gasteiger partial charge >= 0.3 is 0 Å². The van der Waals surface area contributed by atoms with Gasteiger partial charge in [0.2, 0.25) is 0 Å². The Labute approximate surface area is 275 Å². The van der Waals surface area contributed by atoms with Crippen molar-refractivity contribution in [3.8, 4) is 0 Å². The largest absolute Gasteiger partial charge is 0.367 e. The van der Waals surface area contributed by atoms with Crippen molar-refractivity contribution in [3.05, 3.63) is 130 Å². The van der Waals surface area contributed by atoms with Crippen LogP contribution in [0.4, 0.5) is 15.8 Å². The molecule has 4 aromatic rings. The number of carbonyl (C=O) groups is 2. The van der Waals surface area contributed by atoms with Crippen LogP contribution in [0.25, 0.3) is 0 Å². The molecule has 0 saturated carbocycles. The summed E-state index contributed by atoms with van der Waals surface area (Å²) in [7, 11) is 0. The summed E-state index contributed by atoms with van der Waals surface area (Å²) in [4.78, 5) is 24.5. The van der Waals surface area contributed by atoms with Crippen LogP contribution in [0, 0.1) is 5.82 Å². The molecule has 2 amide bonds. The first-order chi connectivity index (χ1) is 22.4. The second-order valence-corrected chi connectivity index (χ2v) is 12.9. The van der Waals surface area contributed by atoms with Crippen LogP contribution in [0.2, 0.25) is 0 Å². The van der Waals surface area contributed by atoms with Crippen LogP contribution < -0.4 is 21.3 Å². The number of amides is 2. The molecule has 6 atom stereocenters. The van der Waals surface area contributed by atoms with Crippen molar-refractivity contribution in [1.82, 2.24) is 10.6 Å². The molecule has 0 unspecified atom stereocenters. The van der Waals surface area contributed by atoms with E-state index in [2.05, 4.69) is 37.2 Å². The van der Waals surface area contributed by atoms with Crippen LogP contribution in [0.1, 0.15) is 56.9 Å². The summed E-state index contributed by atoms with van der Waals surface area (Å²) in [5.74, 6) is -0.646. The normalized spacial score (nSPS) is 25.5. The quantitative estimate of drug-likeness (QED) is 0.188. The maximum absolute atomic E-state index is 12.9. The molecule has 0 aliphatic carbocycles. The SMILES string of the molecule is O=C(Nc1ccc(Br)cc1)c1ccc([C@@H]2O[C@H]3CN[C@@H]2C3)cc1.O=C(Nc1ccc(F)cc1)c1ccc([C@@H]2O[C@H]3CN[C@@H]2C3)cc1. The first kappa shape index (κ1) is 30.7. The van der Waals surface area contributed by atoms with Crippen LogP contribution in [0.5, 0.6) is 0 Å². The zero-order valence-electron chi connectivity index (χ0n) is 24.9. The lowest BCUT2D eigenvalue weighted by atomic mass is 10.0. The minimum atomic E-state index is -0.327. The smallest absolute Gasteiger partial charge is 0.255 e. The lowest BCUT2D eigenvalue weighted by molar-refractivity contribution is 0.0159. The van der Waals surface area contributed by atoms with Crippen LogP contribution in [-0.4, -0.2) is 49.2 Å². The molecule has 4 N–H and O–H groups in total. The molecule has 236 valence electrons. The molecular weight excluding hydrogens is 651 g/mol. The average molecular weight is 686 g/mol. The summed E-state index contributed by atoms with van der Waals surface area (Å²) in [5.41, 5.74) is 4.78. The van der Waals surface area contributed by atoms with Gasteiger partial charge in [0.15, 0.2) is 0 Å². The molecule has 4 aromatic carbocycles. The number of morpholine rings is 2. The molecule has 4 bridgehead atoms. The molecule has 10 heteroatoms. The first-order valence-corrected chi connectivity index (χ1v) is 16.3. The second kappa shape index (κ2) is 13.4. The molecule has 4 aliphatic heterocycles. The Hall–Kier alpha value is -3.93. The number of carbonyl (C=O) groups excluding carboxylic acids is 2. The Morgan fingerprint density at radius 3 is 1.41 bits per heavy atom. The summed E-state index contributed by atoms with van der Waals surface area (Å²) in [6, 6.07) is 29.2. The topological polar surface area (TPSA) is 101 Å². The van der Waals surface area contributed by atoms with Gasteiger partial charge in [-0.3, -0.25) is 9.59 Å². The third-order valence-corrected chi connectivity index (χ3v) is 9.39. The standard InChI is InChI=1S/C18H17BrN2O2.C18H17FN2O2/c2*19-13-5-7-14(8-6-13)21-18(22)12-3-1-11(2-4-12)17-16-9-15(23-17)10-20-16/h2*1-8,15-17,20H,9-10H2,(H,21,22)/t2*15-,16-,17+/m11/s1. The van der Waals surface area contributed by atoms with Crippen LogP contribution in [0.15, 0.2) is 102 Å². The van der Waals surface area contributed by atoms with E-state index in [9.17, 15) is 14.0 Å². The molecule has 0 aromatic heterocycles. The van der Waals surface area contributed by atoms with Gasteiger partial charge in [0, 0.05) is 52.1 Å². The molecule has 4 fully saturated rings. The van der Waals surface area contributed by atoms with E-state index < -0.39 is 0 Å². The van der Waals surface area contributed by atoms with Gasteiger partial charge in [0.05, 0.1) is 24.4 Å². The zero-order valence-corrected chi connectivity index (χ0v) is 26.5. The van der Waals surface area contributed by atoms with E-state index in [1.165, 1.54) is 24.3 Å². The third kappa shape index (κ3) is 6.91. The van der Waals surface area contributed by atoms with Crippen molar-refractivity contribution in [2.45, 2.75) is 49.3 Å². The fraction of sp³-hybridized carbons (Fsp3) is 0.278. The van der Waals surface area contributed by atoms with E-state index in [0.29, 0.717) is 41.1 Å². The van der Waals surface area contributed by atoms with Crippen molar-refractivity contribution in [3.63, 3.8) is 0 Å². The van der Waals surface area contributed by atoms with Gasteiger partial charge in [-0.1, -0.05) is 40.2 Å². The molecule has 4 aliphatic rings. The highest BCUT2D eigenvalue weighted by Gasteiger charge is 2.42. The summed E-state index contributed by atoms with van der Waals surface area (Å²) < 4.78 is 25.8. The van der Waals surface area contributed by atoms with Crippen LogP contribution >= 0.6 is 15.9 Å². The summed E-state index contributed by atoms with van der Waals surface area (Å²) in [5, 5.41) is 12.6. The molecule has 0 spiro atoms. The fourth-order valence-corrected chi connectivity index (χ4v) is 6.75. The number of nitrogens with one attached hydrogen (secondary N) is 4. The van der Waals surface area contributed by atoms with E-state index in [1.54, 1.807) is 12.1 Å². The molecule has 46 heavy (non-hydrogen) atoms. The van der Waals surface area contributed by atoms with Crippen molar-refractivity contribution in [2.75, 3.05) is 23.7 Å². The van der Waals surface area contributed by atoms with Gasteiger partial charge in [-0.2, -0.15) is 0 Å². The molecule has 8 rings (SSSR count). The molecule has 0 radical (unpaired) electrons. The number of halogens is 2. The van der Waals surface area contributed by atoms with Gasteiger partial charge in [0.1, 0.15) is 5.82 Å². The Balaban J connectivity index is 0.000000147. The predicted molar refractivity (Wildman–Crippen MR) is 177 cm³/mol. The highest BCUT2D eigenvalue weighted by Crippen LogP contribution is 2.38. The Kier molecular flexibility index (Phi) is 8.97. The van der Waals surface area contributed by atoms with E-state index in [-0.39, 0.29) is 29.8 Å². The maximum atomic E-state index is 12.9. The van der Waals surface area contributed by atoms with Gasteiger partial charge < -0.3 is 30.7 Å². The number of fused-ring (bicyclic) bond motifs is 4. The van der Waals surface area contributed by atoms with E-state index in [0.717, 1.165) is 47.2 Å². The van der Waals surface area contributed by atoms with Gasteiger partial charge in [-0.15, -0.1) is 0 Å².